The van der Waals surface area contributed by atoms with Crippen molar-refractivity contribution >= 4 is 17.5 Å². The van der Waals surface area contributed by atoms with Gasteiger partial charge in [-0.25, -0.2) is 0 Å². The number of morpholine rings is 1. The second-order valence-corrected chi connectivity index (χ2v) is 8.90. The molecule has 33 heavy (non-hydrogen) atoms. The summed E-state index contributed by atoms with van der Waals surface area (Å²) in [7, 11) is 0. The summed E-state index contributed by atoms with van der Waals surface area (Å²) in [6.07, 6.45) is 0.677. The molecule has 1 atom stereocenters. The van der Waals surface area contributed by atoms with Crippen molar-refractivity contribution in [3.8, 4) is 5.75 Å². The summed E-state index contributed by atoms with van der Waals surface area (Å²) in [6, 6.07) is 13.2. The van der Waals surface area contributed by atoms with Crippen molar-refractivity contribution in [2.24, 2.45) is 0 Å². The van der Waals surface area contributed by atoms with Crippen molar-refractivity contribution < 1.29 is 23.9 Å². The van der Waals surface area contributed by atoms with Crippen LogP contribution in [0, 0.1) is 0 Å². The fourth-order valence-electron chi connectivity index (χ4n) is 4.91. The molecule has 1 amide bonds. The molecule has 1 saturated carbocycles. The summed E-state index contributed by atoms with van der Waals surface area (Å²) in [5.41, 5.74) is 3.74. The van der Waals surface area contributed by atoms with Gasteiger partial charge in [-0.15, -0.1) is 0 Å². The first kappa shape index (κ1) is 21.8. The molecule has 0 radical (unpaired) electrons. The third-order valence-corrected chi connectivity index (χ3v) is 6.77. The molecular formula is C26H28N2O5. The molecule has 0 bridgehead atoms. The van der Waals surface area contributed by atoms with Crippen LogP contribution >= 0.6 is 0 Å². The molecule has 3 aliphatic rings. The lowest BCUT2D eigenvalue weighted by Crippen LogP contribution is -2.44. The van der Waals surface area contributed by atoms with E-state index in [9.17, 15) is 14.4 Å². The first-order valence-corrected chi connectivity index (χ1v) is 11.6. The highest BCUT2D eigenvalue weighted by Gasteiger charge is 2.40. The van der Waals surface area contributed by atoms with Crippen LogP contribution in [0.15, 0.2) is 42.5 Å². The Bertz CT molecular complexity index is 1080. The fraction of sp³-hybridized carbons (Fsp3) is 0.423. The topological polar surface area (TPSA) is 76.2 Å². The first-order chi connectivity index (χ1) is 16.1. The van der Waals surface area contributed by atoms with Crippen molar-refractivity contribution in [2.75, 3.05) is 26.3 Å². The van der Waals surface area contributed by atoms with Gasteiger partial charge in [-0.1, -0.05) is 30.3 Å². The Morgan fingerprint density at radius 3 is 2.55 bits per heavy atom. The van der Waals surface area contributed by atoms with Crippen LogP contribution in [0.3, 0.4) is 0 Å². The molecule has 5 rings (SSSR count). The van der Waals surface area contributed by atoms with E-state index in [-0.39, 0.29) is 23.9 Å². The van der Waals surface area contributed by atoms with E-state index < -0.39 is 6.04 Å². The maximum absolute atomic E-state index is 13.0. The van der Waals surface area contributed by atoms with Crippen molar-refractivity contribution in [1.29, 1.82) is 0 Å². The molecule has 2 fully saturated rings. The summed E-state index contributed by atoms with van der Waals surface area (Å²) >= 11 is 0. The maximum atomic E-state index is 13.0. The normalized spacial score (nSPS) is 21.4. The SMILES string of the molecule is O=C1CCC(N2Cc3c(OCc4ccccc4CN4CCOCC4)cccc3C2=O)C(=O)C1. The average molecular weight is 449 g/mol. The van der Waals surface area contributed by atoms with E-state index in [1.54, 1.807) is 11.0 Å². The summed E-state index contributed by atoms with van der Waals surface area (Å²) in [5.74, 6) is 0.312. The number of rotatable bonds is 6. The fourth-order valence-corrected chi connectivity index (χ4v) is 4.91. The minimum Gasteiger partial charge on any atom is -0.489 e. The van der Waals surface area contributed by atoms with Crippen molar-refractivity contribution in [1.82, 2.24) is 9.80 Å². The third-order valence-electron chi connectivity index (χ3n) is 6.77. The van der Waals surface area contributed by atoms with Crippen molar-refractivity contribution in [2.45, 2.75) is 45.0 Å². The summed E-state index contributed by atoms with van der Waals surface area (Å²) in [5, 5.41) is 0. The van der Waals surface area contributed by atoms with Gasteiger partial charge in [0.2, 0.25) is 0 Å². The second kappa shape index (κ2) is 9.45. The summed E-state index contributed by atoms with van der Waals surface area (Å²) in [4.78, 5) is 41.1. The minimum absolute atomic E-state index is 0.0415. The Morgan fingerprint density at radius 2 is 1.76 bits per heavy atom. The zero-order chi connectivity index (χ0) is 22.8. The molecule has 0 N–H and O–H groups in total. The highest BCUT2D eigenvalue weighted by molar-refractivity contribution is 6.07. The summed E-state index contributed by atoms with van der Waals surface area (Å²) in [6.45, 7) is 4.96. The average Bonchev–Trinajstić information content (AvgIpc) is 3.16. The third kappa shape index (κ3) is 4.56. The van der Waals surface area contributed by atoms with Gasteiger partial charge in [-0.05, 0) is 29.7 Å². The van der Waals surface area contributed by atoms with Crippen LogP contribution in [0.2, 0.25) is 0 Å². The number of benzene rings is 2. The summed E-state index contributed by atoms with van der Waals surface area (Å²) < 4.78 is 11.7. The van der Waals surface area contributed by atoms with Crippen molar-refractivity contribution in [3.63, 3.8) is 0 Å². The molecule has 1 unspecified atom stereocenters. The predicted octanol–water partition coefficient (Wildman–Crippen LogP) is 2.74. The lowest BCUT2D eigenvalue weighted by atomic mass is 9.92. The molecule has 2 heterocycles. The van der Waals surface area contributed by atoms with Gasteiger partial charge in [0.05, 0.1) is 32.2 Å². The van der Waals surface area contributed by atoms with Gasteiger partial charge in [-0.2, -0.15) is 0 Å². The number of hydrogen-bond donors (Lipinski definition) is 0. The zero-order valence-corrected chi connectivity index (χ0v) is 18.6. The maximum Gasteiger partial charge on any atom is 0.255 e. The molecule has 2 aromatic rings. The zero-order valence-electron chi connectivity index (χ0n) is 18.6. The molecule has 2 aliphatic heterocycles. The van der Waals surface area contributed by atoms with Crippen LogP contribution in [0.25, 0.3) is 0 Å². The molecule has 7 heteroatoms. The molecule has 0 aromatic heterocycles. The number of amides is 1. The van der Waals surface area contributed by atoms with Gasteiger partial charge in [0, 0.05) is 37.2 Å². The van der Waals surface area contributed by atoms with Crippen LogP contribution < -0.4 is 4.74 Å². The van der Waals surface area contributed by atoms with Crippen molar-refractivity contribution in [3.05, 3.63) is 64.7 Å². The van der Waals surface area contributed by atoms with E-state index in [1.165, 1.54) is 5.56 Å². The molecular weight excluding hydrogens is 420 g/mol. The minimum atomic E-state index is -0.523. The lowest BCUT2D eigenvalue weighted by Gasteiger charge is -2.29. The van der Waals surface area contributed by atoms with Crippen LogP contribution in [0.5, 0.6) is 5.75 Å². The molecule has 2 aromatic carbocycles. The largest absolute Gasteiger partial charge is 0.489 e. The highest BCUT2D eigenvalue weighted by atomic mass is 16.5. The Balaban J connectivity index is 1.30. The van der Waals surface area contributed by atoms with E-state index in [2.05, 4.69) is 17.0 Å². The number of Topliss-reactive ketones (excluding diaryl/α,β-unsaturated/α-hetero) is 2. The van der Waals surface area contributed by atoms with Crippen LogP contribution in [0.1, 0.15) is 46.3 Å². The quantitative estimate of drug-likeness (QED) is 0.633. The Kier molecular flexibility index (Phi) is 6.24. The number of nitrogens with zero attached hydrogens (tertiary/aromatic N) is 2. The van der Waals surface area contributed by atoms with Gasteiger partial charge >= 0.3 is 0 Å². The first-order valence-electron chi connectivity index (χ1n) is 11.6. The lowest BCUT2D eigenvalue weighted by molar-refractivity contribution is -0.133. The van der Waals surface area contributed by atoms with E-state index in [4.69, 9.17) is 9.47 Å². The number of carbonyl (C=O) groups excluding carboxylic acids is 3. The van der Waals surface area contributed by atoms with Crippen LogP contribution in [-0.4, -0.2) is 59.6 Å². The number of ketones is 2. The molecule has 7 nitrogen and oxygen atoms in total. The molecule has 1 saturated heterocycles. The van der Waals surface area contributed by atoms with E-state index in [0.29, 0.717) is 37.3 Å². The highest BCUT2D eigenvalue weighted by Crippen LogP contribution is 2.34. The van der Waals surface area contributed by atoms with E-state index in [0.717, 1.165) is 44.0 Å². The number of carbonyl (C=O) groups is 3. The van der Waals surface area contributed by atoms with Gasteiger partial charge in [-0.3, -0.25) is 19.3 Å². The second-order valence-electron chi connectivity index (χ2n) is 8.90. The smallest absolute Gasteiger partial charge is 0.255 e. The van der Waals surface area contributed by atoms with Crippen LogP contribution in [0.4, 0.5) is 0 Å². The number of ether oxygens (including phenoxy) is 2. The standard InChI is InChI=1S/C26H28N2O5/c29-20-8-9-23(24(30)14-20)28-16-22-21(26(28)31)6-3-7-25(22)33-17-19-5-2-1-4-18(19)15-27-10-12-32-13-11-27/h1-7,23H,8-17H2. The monoisotopic (exact) mass is 448 g/mol. The molecule has 0 spiro atoms. The van der Waals surface area contributed by atoms with E-state index in [1.807, 2.05) is 24.3 Å². The van der Waals surface area contributed by atoms with Gasteiger partial charge < -0.3 is 14.4 Å². The van der Waals surface area contributed by atoms with Crippen LogP contribution in [-0.2, 0) is 34.0 Å². The Hall–Kier alpha value is -3.03. The van der Waals surface area contributed by atoms with Gasteiger partial charge in [0.15, 0.2) is 5.78 Å². The van der Waals surface area contributed by atoms with E-state index >= 15 is 0 Å². The molecule has 1 aliphatic carbocycles. The number of fused-ring (bicyclic) bond motifs is 1. The van der Waals surface area contributed by atoms with Gasteiger partial charge in [0.25, 0.3) is 5.91 Å². The van der Waals surface area contributed by atoms with Gasteiger partial charge in [0.1, 0.15) is 18.1 Å². The Labute approximate surface area is 193 Å². The Morgan fingerprint density at radius 1 is 0.970 bits per heavy atom. The molecule has 172 valence electrons. The number of hydrogen-bond acceptors (Lipinski definition) is 6. The predicted molar refractivity (Wildman–Crippen MR) is 121 cm³/mol.